The molecule has 0 aliphatic heterocycles. The Bertz CT molecular complexity index is 407. The van der Waals surface area contributed by atoms with Crippen LogP contribution in [0.5, 0.6) is 5.88 Å². The predicted octanol–water partition coefficient (Wildman–Crippen LogP) is 1.74. The fourth-order valence-corrected chi connectivity index (χ4v) is 1.25. The Morgan fingerprint density at radius 3 is 2.44 bits per heavy atom. The number of aromatic nitrogens is 2. The summed E-state index contributed by atoms with van der Waals surface area (Å²) in [5.41, 5.74) is -0.543. The molecule has 0 aliphatic rings. The van der Waals surface area contributed by atoms with Crippen LogP contribution in [-0.4, -0.2) is 22.8 Å². The molecule has 16 heavy (non-hydrogen) atoms. The standard InChI is InChI=1S/C10H16FN3O2/c1-6(15)12-7-8(11)14(10(2,3)4)13-9(7)16-5/h1-5H3,(H,12,15). The molecule has 0 aromatic carbocycles. The molecule has 0 fully saturated rings. The molecule has 5 nitrogen and oxygen atoms in total. The van der Waals surface area contributed by atoms with Crippen LogP contribution in [0.2, 0.25) is 0 Å². The van der Waals surface area contributed by atoms with Crippen molar-refractivity contribution >= 4 is 11.6 Å². The third-order valence-corrected chi connectivity index (χ3v) is 1.93. The van der Waals surface area contributed by atoms with Crippen LogP contribution in [0.25, 0.3) is 0 Å². The van der Waals surface area contributed by atoms with Crippen molar-refractivity contribution in [2.24, 2.45) is 0 Å². The highest BCUT2D eigenvalue weighted by Crippen LogP contribution is 2.30. The number of nitrogens with one attached hydrogen (secondary N) is 1. The SMILES string of the molecule is COc1nn(C(C)(C)C)c(F)c1NC(C)=O. The van der Waals surface area contributed by atoms with E-state index in [2.05, 4.69) is 10.4 Å². The summed E-state index contributed by atoms with van der Waals surface area (Å²) in [5, 5.41) is 6.32. The normalized spacial score (nSPS) is 11.4. The first-order valence-corrected chi connectivity index (χ1v) is 4.88. The van der Waals surface area contributed by atoms with Gasteiger partial charge >= 0.3 is 0 Å². The van der Waals surface area contributed by atoms with Crippen LogP contribution in [-0.2, 0) is 10.3 Å². The average molecular weight is 229 g/mol. The van der Waals surface area contributed by atoms with Crippen LogP contribution in [0, 0.1) is 5.95 Å². The lowest BCUT2D eigenvalue weighted by Crippen LogP contribution is -2.25. The molecule has 1 heterocycles. The molecule has 0 atom stereocenters. The van der Waals surface area contributed by atoms with Crippen LogP contribution in [0.3, 0.4) is 0 Å². The highest BCUT2D eigenvalue weighted by atomic mass is 19.1. The van der Waals surface area contributed by atoms with Gasteiger partial charge in [0, 0.05) is 6.92 Å². The summed E-state index contributed by atoms with van der Waals surface area (Å²) in [6.45, 7) is 6.72. The summed E-state index contributed by atoms with van der Waals surface area (Å²) in [5.74, 6) is -0.909. The van der Waals surface area contributed by atoms with E-state index in [1.54, 1.807) is 20.8 Å². The number of amides is 1. The molecule has 1 rings (SSSR count). The molecule has 90 valence electrons. The number of anilines is 1. The number of hydrogen-bond donors (Lipinski definition) is 1. The first-order valence-electron chi connectivity index (χ1n) is 4.88. The van der Waals surface area contributed by atoms with Crippen LogP contribution in [0.1, 0.15) is 27.7 Å². The Balaban J connectivity index is 3.26. The lowest BCUT2D eigenvalue weighted by molar-refractivity contribution is -0.114. The van der Waals surface area contributed by atoms with Gasteiger partial charge in [-0.3, -0.25) is 4.79 Å². The molecule has 0 bridgehead atoms. The molecule has 1 N–H and O–H groups in total. The van der Waals surface area contributed by atoms with Crippen molar-refractivity contribution in [3.8, 4) is 5.88 Å². The molecule has 0 aliphatic carbocycles. The topological polar surface area (TPSA) is 56.1 Å². The summed E-state index contributed by atoms with van der Waals surface area (Å²) >= 11 is 0. The van der Waals surface area contributed by atoms with Gasteiger partial charge in [0.1, 0.15) is 0 Å². The molecule has 6 heteroatoms. The molecule has 0 saturated heterocycles. The minimum absolute atomic E-state index is 0.0232. The first kappa shape index (κ1) is 12.5. The van der Waals surface area contributed by atoms with E-state index in [-0.39, 0.29) is 17.5 Å². The van der Waals surface area contributed by atoms with Gasteiger partial charge < -0.3 is 10.1 Å². The molecule has 0 saturated carbocycles. The number of nitrogens with zero attached hydrogens (tertiary/aromatic N) is 2. The lowest BCUT2D eigenvalue weighted by atomic mass is 10.1. The fraction of sp³-hybridized carbons (Fsp3) is 0.600. The van der Waals surface area contributed by atoms with Crippen LogP contribution < -0.4 is 10.1 Å². The number of carbonyl (C=O) groups is 1. The van der Waals surface area contributed by atoms with E-state index in [4.69, 9.17) is 4.74 Å². The second kappa shape index (κ2) is 4.11. The van der Waals surface area contributed by atoms with E-state index in [1.165, 1.54) is 18.7 Å². The average Bonchev–Trinajstić information content (AvgIpc) is 2.42. The van der Waals surface area contributed by atoms with Gasteiger partial charge in [0.2, 0.25) is 11.9 Å². The van der Waals surface area contributed by atoms with E-state index < -0.39 is 11.5 Å². The maximum Gasteiger partial charge on any atom is 0.259 e. The number of ether oxygens (including phenoxy) is 1. The molecule has 0 radical (unpaired) electrons. The van der Waals surface area contributed by atoms with Gasteiger partial charge in [-0.05, 0) is 20.8 Å². The van der Waals surface area contributed by atoms with E-state index >= 15 is 0 Å². The summed E-state index contributed by atoms with van der Waals surface area (Å²) in [4.78, 5) is 10.9. The van der Waals surface area contributed by atoms with Crippen LogP contribution >= 0.6 is 0 Å². The molecular weight excluding hydrogens is 213 g/mol. The fourth-order valence-electron chi connectivity index (χ4n) is 1.25. The highest BCUT2D eigenvalue weighted by molar-refractivity contribution is 5.90. The number of halogens is 1. The van der Waals surface area contributed by atoms with Crippen molar-refractivity contribution in [1.29, 1.82) is 0 Å². The van der Waals surface area contributed by atoms with Crippen molar-refractivity contribution < 1.29 is 13.9 Å². The van der Waals surface area contributed by atoms with Gasteiger partial charge in [-0.25, -0.2) is 4.68 Å². The Morgan fingerprint density at radius 2 is 2.06 bits per heavy atom. The summed E-state index contributed by atoms with van der Waals surface area (Å²) < 4.78 is 20.0. The summed E-state index contributed by atoms with van der Waals surface area (Å²) in [6.07, 6.45) is 0. The maximum atomic E-state index is 13.9. The largest absolute Gasteiger partial charge is 0.478 e. The molecule has 1 amide bonds. The van der Waals surface area contributed by atoms with Crippen molar-refractivity contribution in [1.82, 2.24) is 9.78 Å². The second-order valence-electron chi connectivity index (χ2n) is 4.44. The van der Waals surface area contributed by atoms with Crippen LogP contribution in [0.15, 0.2) is 0 Å². The first-order chi connectivity index (χ1) is 7.27. The predicted molar refractivity (Wildman–Crippen MR) is 58.0 cm³/mol. The zero-order valence-corrected chi connectivity index (χ0v) is 10.1. The van der Waals surface area contributed by atoms with E-state index in [0.717, 1.165) is 0 Å². The second-order valence-corrected chi connectivity index (χ2v) is 4.44. The minimum atomic E-state index is -0.612. The Labute approximate surface area is 93.6 Å². The van der Waals surface area contributed by atoms with Gasteiger partial charge in [0.25, 0.3) is 5.88 Å². The van der Waals surface area contributed by atoms with Gasteiger partial charge in [-0.15, -0.1) is 5.10 Å². The number of methoxy groups -OCH3 is 1. The van der Waals surface area contributed by atoms with E-state index in [0.29, 0.717) is 0 Å². The van der Waals surface area contributed by atoms with Gasteiger partial charge in [0.15, 0.2) is 5.69 Å². The monoisotopic (exact) mass is 229 g/mol. The molecule has 0 unspecified atom stereocenters. The Hall–Kier alpha value is -1.59. The summed E-state index contributed by atoms with van der Waals surface area (Å²) in [7, 11) is 1.38. The van der Waals surface area contributed by atoms with Gasteiger partial charge in [-0.1, -0.05) is 0 Å². The van der Waals surface area contributed by atoms with Gasteiger partial charge in [0.05, 0.1) is 12.6 Å². The highest BCUT2D eigenvalue weighted by Gasteiger charge is 2.26. The third kappa shape index (κ3) is 2.32. The minimum Gasteiger partial charge on any atom is -0.478 e. The van der Waals surface area contributed by atoms with Crippen molar-refractivity contribution in [3.05, 3.63) is 5.95 Å². The molecule has 0 spiro atoms. The number of hydrogen-bond acceptors (Lipinski definition) is 3. The Morgan fingerprint density at radius 1 is 1.50 bits per heavy atom. The molecule has 1 aromatic rings. The van der Waals surface area contributed by atoms with E-state index in [1.807, 2.05) is 0 Å². The Kier molecular flexibility index (Phi) is 3.21. The van der Waals surface area contributed by atoms with Crippen molar-refractivity contribution in [2.75, 3.05) is 12.4 Å². The van der Waals surface area contributed by atoms with E-state index in [9.17, 15) is 9.18 Å². The number of rotatable bonds is 2. The lowest BCUT2D eigenvalue weighted by Gasteiger charge is -2.19. The smallest absolute Gasteiger partial charge is 0.259 e. The molecule has 1 aromatic heterocycles. The number of carbonyl (C=O) groups excluding carboxylic acids is 1. The maximum absolute atomic E-state index is 13.9. The zero-order chi connectivity index (χ0) is 12.5. The third-order valence-electron chi connectivity index (χ3n) is 1.93. The van der Waals surface area contributed by atoms with Crippen LogP contribution in [0.4, 0.5) is 10.1 Å². The molecular formula is C10H16FN3O2. The zero-order valence-electron chi connectivity index (χ0n) is 10.1. The van der Waals surface area contributed by atoms with Gasteiger partial charge in [-0.2, -0.15) is 4.39 Å². The quantitative estimate of drug-likeness (QED) is 0.840. The summed E-state index contributed by atoms with van der Waals surface area (Å²) in [6, 6.07) is 0. The van der Waals surface area contributed by atoms with Crippen molar-refractivity contribution in [2.45, 2.75) is 33.2 Å². The van der Waals surface area contributed by atoms with Crippen molar-refractivity contribution in [3.63, 3.8) is 0 Å².